The Morgan fingerprint density at radius 2 is 1.82 bits per heavy atom. The molecular formula is C10H17ClN2O3S. The van der Waals surface area contributed by atoms with Crippen LogP contribution in [0.1, 0.15) is 19.3 Å². The van der Waals surface area contributed by atoms with E-state index in [0.717, 1.165) is 32.4 Å². The van der Waals surface area contributed by atoms with Crippen LogP contribution in [0.25, 0.3) is 0 Å². The van der Waals surface area contributed by atoms with Crippen LogP contribution in [0.4, 0.5) is 4.79 Å². The molecule has 2 aliphatic rings. The number of nitrogens with zero attached hydrogens (tertiary/aromatic N) is 1. The molecule has 2 saturated heterocycles. The second-order valence-electron chi connectivity index (χ2n) is 4.70. The van der Waals surface area contributed by atoms with Crippen LogP contribution in [0.3, 0.4) is 0 Å². The molecule has 0 unspecified atom stereocenters. The Kier molecular flexibility index (Phi) is 3.82. The van der Waals surface area contributed by atoms with Crippen LogP contribution in [0.15, 0.2) is 0 Å². The van der Waals surface area contributed by atoms with Gasteiger partial charge in [0.15, 0.2) is 9.84 Å². The minimum Gasteiger partial charge on any atom is -0.333 e. The van der Waals surface area contributed by atoms with Gasteiger partial charge in [-0.3, -0.25) is 0 Å². The first-order chi connectivity index (χ1) is 7.98. The first kappa shape index (κ1) is 13.0. The van der Waals surface area contributed by atoms with Gasteiger partial charge in [-0.05, 0) is 19.3 Å². The fraction of sp³-hybridized carbons (Fsp3) is 0.900. The lowest BCUT2D eigenvalue weighted by molar-refractivity contribution is 0.183. The lowest BCUT2D eigenvalue weighted by Gasteiger charge is -2.28. The normalized spacial score (nSPS) is 32.4. The van der Waals surface area contributed by atoms with Gasteiger partial charge in [0.05, 0.1) is 22.9 Å². The summed E-state index contributed by atoms with van der Waals surface area (Å²) in [7, 11) is -3.09. The molecule has 2 rings (SSSR count). The Hall–Kier alpha value is -0.490. The number of halogens is 1. The average Bonchev–Trinajstić information content (AvgIpc) is 2.53. The lowest BCUT2D eigenvalue weighted by Crippen LogP contribution is -2.49. The first-order valence-corrected chi connectivity index (χ1v) is 8.14. The minimum atomic E-state index is -3.09. The number of sulfone groups is 1. The molecule has 7 heteroatoms. The van der Waals surface area contributed by atoms with Crippen molar-refractivity contribution in [3.05, 3.63) is 0 Å². The zero-order valence-electron chi connectivity index (χ0n) is 9.56. The Bertz CT molecular complexity index is 392. The molecule has 0 aromatic rings. The first-order valence-electron chi connectivity index (χ1n) is 5.88. The summed E-state index contributed by atoms with van der Waals surface area (Å²) in [6.45, 7) is 1.50. The topological polar surface area (TPSA) is 66.5 Å². The van der Waals surface area contributed by atoms with Crippen molar-refractivity contribution in [2.45, 2.75) is 30.7 Å². The SMILES string of the molecule is O=C(N[C@@H]1CS(=O)(=O)C[C@@H]1Cl)N1CCCCC1. The fourth-order valence-corrected chi connectivity index (χ4v) is 4.83. The van der Waals surface area contributed by atoms with E-state index in [4.69, 9.17) is 11.6 Å². The van der Waals surface area contributed by atoms with Crippen molar-refractivity contribution >= 4 is 27.5 Å². The van der Waals surface area contributed by atoms with E-state index in [2.05, 4.69) is 5.32 Å². The molecule has 0 radical (unpaired) electrons. The number of rotatable bonds is 1. The van der Waals surface area contributed by atoms with Crippen molar-refractivity contribution in [3.63, 3.8) is 0 Å². The van der Waals surface area contributed by atoms with Gasteiger partial charge in [-0.2, -0.15) is 0 Å². The molecule has 2 atom stereocenters. The van der Waals surface area contributed by atoms with Gasteiger partial charge in [0.1, 0.15) is 0 Å². The Morgan fingerprint density at radius 3 is 2.35 bits per heavy atom. The minimum absolute atomic E-state index is 0.0409. The Labute approximate surface area is 106 Å². The predicted molar refractivity (Wildman–Crippen MR) is 66.0 cm³/mol. The largest absolute Gasteiger partial charge is 0.333 e. The second kappa shape index (κ2) is 5.02. The monoisotopic (exact) mass is 280 g/mol. The van der Waals surface area contributed by atoms with Gasteiger partial charge in [-0.25, -0.2) is 13.2 Å². The number of carbonyl (C=O) groups excluding carboxylic acids is 1. The second-order valence-corrected chi connectivity index (χ2v) is 7.41. The summed E-state index contributed by atoms with van der Waals surface area (Å²) in [5.74, 6) is -0.0831. The molecule has 1 N–H and O–H groups in total. The van der Waals surface area contributed by atoms with E-state index in [-0.39, 0.29) is 17.5 Å². The highest BCUT2D eigenvalue weighted by Crippen LogP contribution is 2.18. The van der Waals surface area contributed by atoms with Gasteiger partial charge in [-0.15, -0.1) is 11.6 Å². The Morgan fingerprint density at radius 1 is 1.18 bits per heavy atom. The van der Waals surface area contributed by atoms with E-state index in [1.807, 2.05) is 0 Å². The number of urea groups is 1. The summed E-state index contributed by atoms with van der Waals surface area (Å²) in [5.41, 5.74) is 0. The van der Waals surface area contributed by atoms with Crippen LogP contribution in [0.5, 0.6) is 0 Å². The van der Waals surface area contributed by atoms with Gasteiger partial charge in [0.2, 0.25) is 0 Å². The number of alkyl halides is 1. The summed E-state index contributed by atoms with van der Waals surface area (Å²) < 4.78 is 22.7. The van der Waals surface area contributed by atoms with Gasteiger partial charge in [-0.1, -0.05) is 0 Å². The highest BCUT2D eigenvalue weighted by molar-refractivity contribution is 7.91. The molecule has 0 saturated carbocycles. The van der Waals surface area contributed by atoms with E-state index < -0.39 is 21.3 Å². The van der Waals surface area contributed by atoms with Crippen molar-refractivity contribution in [3.8, 4) is 0 Å². The van der Waals surface area contributed by atoms with Gasteiger partial charge in [0, 0.05) is 13.1 Å². The van der Waals surface area contributed by atoms with Crippen LogP contribution in [0.2, 0.25) is 0 Å². The number of carbonyl (C=O) groups is 1. The van der Waals surface area contributed by atoms with Crippen LogP contribution in [-0.4, -0.2) is 55.4 Å². The number of nitrogens with one attached hydrogen (secondary N) is 1. The van der Waals surface area contributed by atoms with Crippen molar-refractivity contribution in [1.29, 1.82) is 0 Å². The van der Waals surface area contributed by atoms with Gasteiger partial charge < -0.3 is 10.2 Å². The number of hydrogen-bond donors (Lipinski definition) is 1. The quantitative estimate of drug-likeness (QED) is 0.715. The van der Waals surface area contributed by atoms with E-state index in [1.54, 1.807) is 4.90 Å². The van der Waals surface area contributed by atoms with Crippen LogP contribution in [-0.2, 0) is 9.84 Å². The number of likely N-dealkylation sites (tertiary alicyclic amines) is 1. The highest BCUT2D eigenvalue weighted by atomic mass is 35.5. The van der Waals surface area contributed by atoms with Crippen LogP contribution >= 0.6 is 11.6 Å². The summed E-state index contributed by atoms with van der Waals surface area (Å²) in [5, 5.41) is 2.22. The zero-order valence-corrected chi connectivity index (χ0v) is 11.1. The molecule has 0 aromatic heterocycles. The van der Waals surface area contributed by atoms with E-state index in [0.29, 0.717) is 0 Å². The molecule has 2 fully saturated rings. The molecule has 5 nitrogen and oxygen atoms in total. The summed E-state index contributed by atoms with van der Waals surface area (Å²) in [6.07, 6.45) is 3.18. The average molecular weight is 281 g/mol. The Balaban J connectivity index is 1.90. The van der Waals surface area contributed by atoms with Gasteiger partial charge in [0.25, 0.3) is 0 Å². The third kappa shape index (κ3) is 3.25. The van der Waals surface area contributed by atoms with Crippen LogP contribution in [0, 0.1) is 0 Å². The standard InChI is InChI=1S/C10H17ClN2O3S/c11-8-6-17(15,16)7-9(8)12-10(14)13-4-2-1-3-5-13/h8-9H,1-7H2,(H,12,14)/t8-,9+/m0/s1. The number of piperidine rings is 1. The molecular weight excluding hydrogens is 264 g/mol. The van der Waals surface area contributed by atoms with Crippen molar-refractivity contribution in [2.75, 3.05) is 24.6 Å². The molecule has 0 aliphatic carbocycles. The number of hydrogen-bond acceptors (Lipinski definition) is 3. The van der Waals surface area contributed by atoms with E-state index >= 15 is 0 Å². The van der Waals surface area contributed by atoms with E-state index in [1.165, 1.54) is 0 Å². The third-order valence-corrected chi connectivity index (χ3v) is 5.61. The zero-order chi connectivity index (χ0) is 12.5. The summed E-state index contributed by atoms with van der Waals surface area (Å²) in [4.78, 5) is 13.6. The van der Waals surface area contributed by atoms with Crippen molar-refractivity contribution in [2.24, 2.45) is 0 Å². The summed E-state index contributed by atoms with van der Waals surface area (Å²) >= 11 is 5.93. The van der Waals surface area contributed by atoms with Crippen molar-refractivity contribution in [1.82, 2.24) is 10.2 Å². The molecule has 0 spiro atoms. The van der Waals surface area contributed by atoms with Gasteiger partial charge >= 0.3 is 6.03 Å². The molecule has 0 aromatic carbocycles. The van der Waals surface area contributed by atoms with Crippen molar-refractivity contribution < 1.29 is 13.2 Å². The lowest BCUT2D eigenvalue weighted by atomic mass is 10.1. The fourth-order valence-electron chi connectivity index (χ4n) is 2.28. The molecule has 2 heterocycles. The molecule has 17 heavy (non-hydrogen) atoms. The molecule has 2 aliphatic heterocycles. The molecule has 2 amide bonds. The third-order valence-electron chi connectivity index (χ3n) is 3.24. The maximum atomic E-state index is 11.9. The maximum absolute atomic E-state index is 11.9. The molecule has 0 bridgehead atoms. The highest BCUT2D eigenvalue weighted by Gasteiger charge is 2.37. The number of amides is 2. The van der Waals surface area contributed by atoms with Crippen LogP contribution < -0.4 is 5.32 Å². The van der Waals surface area contributed by atoms with E-state index in [9.17, 15) is 13.2 Å². The molecule has 98 valence electrons. The predicted octanol–water partition coefficient (Wildman–Crippen LogP) is 0.586. The smallest absolute Gasteiger partial charge is 0.317 e. The summed E-state index contributed by atoms with van der Waals surface area (Å²) in [6, 6.07) is -0.631. The maximum Gasteiger partial charge on any atom is 0.317 e.